The summed E-state index contributed by atoms with van der Waals surface area (Å²) in [4.78, 5) is 12.4. The topological polar surface area (TPSA) is 47.6 Å². The van der Waals surface area contributed by atoms with Crippen LogP contribution < -0.4 is 10.1 Å². The summed E-state index contributed by atoms with van der Waals surface area (Å²) in [5.74, 6) is 0.306. The summed E-state index contributed by atoms with van der Waals surface area (Å²) >= 11 is 11.9. The minimum absolute atomic E-state index is 0.144. The Kier molecular flexibility index (Phi) is 5.95. The quantitative estimate of drug-likeness (QED) is 0.881. The third-order valence-electron chi connectivity index (χ3n) is 4.08. The number of carbonyl (C=O) groups is 1. The van der Waals surface area contributed by atoms with Gasteiger partial charge in [0, 0.05) is 23.8 Å². The van der Waals surface area contributed by atoms with E-state index in [1.807, 2.05) is 0 Å². The summed E-state index contributed by atoms with van der Waals surface area (Å²) < 4.78 is 11.0. The Labute approximate surface area is 141 Å². The van der Waals surface area contributed by atoms with Crippen LogP contribution in [0.25, 0.3) is 0 Å². The number of carbonyl (C=O) groups excluding carboxylic acids is 1. The molecule has 1 aliphatic heterocycles. The molecular formula is C16H21Cl2NO3. The molecule has 122 valence electrons. The Morgan fingerprint density at radius 2 is 2.09 bits per heavy atom. The average Bonchev–Trinajstić information content (AvgIpc) is 2.51. The maximum Gasteiger partial charge on any atom is 0.261 e. The van der Waals surface area contributed by atoms with Gasteiger partial charge in [0.15, 0.2) is 6.10 Å². The summed E-state index contributed by atoms with van der Waals surface area (Å²) in [6.45, 7) is 5.13. The molecule has 1 heterocycles. The highest BCUT2D eigenvalue weighted by Gasteiger charge is 2.34. The van der Waals surface area contributed by atoms with Crippen LogP contribution in [-0.4, -0.2) is 30.8 Å². The second-order valence-corrected chi connectivity index (χ2v) is 6.41. The summed E-state index contributed by atoms with van der Waals surface area (Å²) in [5.41, 5.74) is -0.198. The molecule has 1 aliphatic rings. The van der Waals surface area contributed by atoms with Crippen molar-refractivity contribution >= 4 is 29.1 Å². The molecule has 6 heteroatoms. The van der Waals surface area contributed by atoms with Crippen molar-refractivity contribution in [3.63, 3.8) is 0 Å². The van der Waals surface area contributed by atoms with E-state index in [9.17, 15) is 4.79 Å². The molecule has 1 unspecified atom stereocenters. The zero-order valence-electron chi connectivity index (χ0n) is 12.8. The van der Waals surface area contributed by atoms with Crippen molar-refractivity contribution < 1.29 is 14.3 Å². The number of rotatable bonds is 5. The second-order valence-electron chi connectivity index (χ2n) is 5.57. The van der Waals surface area contributed by atoms with Gasteiger partial charge < -0.3 is 14.8 Å². The zero-order valence-corrected chi connectivity index (χ0v) is 14.3. The van der Waals surface area contributed by atoms with Crippen LogP contribution in [0.1, 0.15) is 33.1 Å². The molecule has 0 saturated carbocycles. The first-order chi connectivity index (χ1) is 10.5. The summed E-state index contributed by atoms with van der Waals surface area (Å²) in [6, 6.07) is 4.94. The Morgan fingerprint density at radius 1 is 1.41 bits per heavy atom. The molecule has 0 spiro atoms. The molecule has 1 fully saturated rings. The Morgan fingerprint density at radius 3 is 2.68 bits per heavy atom. The molecular weight excluding hydrogens is 325 g/mol. The monoisotopic (exact) mass is 345 g/mol. The molecule has 0 aliphatic carbocycles. The predicted molar refractivity (Wildman–Crippen MR) is 87.8 cm³/mol. The van der Waals surface area contributed by atoms with Crippen LogP contribution in [-0.2, 0) is 9.53 Å². The maximum atomic E-state index is 12.4. The lowest BCUT2D eigenvalue weighted by atomic mass is 9.87. The largest absolute Gasteiger partial charge is 0.479 e. The normalized spacial score (nSPS) is 18.5. The van der Waals surface area contributed by atoms with Crippen LogP contribution in [0, 0.1) is 0 Å². The van der Waals surface area contributed by atoms with Crippen molar-refractivity contribution in [1.29, 1.82) is 0 Å². The van der Waals surface area contributed by atoms with Gasteiger partial charge in [0.05, 0.1) is 5.02 Å². The van der Waals surface area contributed by atoms with E-state index in [-0.39, 0.29) is 11.4 Å². The van der Waals surface area contributed by atoms with Crippen LogP contribution in [0.4, 0.5) is 0 Å². The lowest BCUT2D eigenvalue weighted by molar-refractivity contribution is -0.130. The van der Waals surface area contributed by atoms with Crippen LogP contribution in [0.15, 0.2) is 18.2 Å². The van der Waals surface area contributed by atoms with Gasteiger partial charge in [0.25, 0.3) is 5.91 Å². The molecule has 22 heavy (non-hydrogen) atoms. The van der Waals surface area contributed by atoms with E-state index in [1.165, 1.54) is 0 Å². The molecule has 1 amide bonds. The number of halogens is 2. The number of nitrogens with one attached hydrogen (secondary N) is 1. The highest BCUT2D eigenvalue weighted by atomic mass is 35.5. The smallest absolute Gasteiger partial charge is 0.261 e. The standard InChI is InChI=1S/C16H21Cl2NO3/c1-3-16(6-8-21-9-7-16)19-15(20)11(2)22-14-5-4-12(17)10-13(14)18/h4-5,10-11H,3,6-9H2,1-2H3,(H,19,20). The highest BCUT2D eigenvalue weighted by molar-refractivity contribution is 6.35. The zero-order chi connectivity index (χ0) is 16.2. The SMILES string of the molecule is CCC1(NC(=O)C(C)Oc2ccc(Cl)cc2Cl)CCOCC1. The molecule has 1 saturated heterocycles. The average molecular weight is 346 g/mol. The van der Waals surface area contributed by atoms with E-state index < -0.39 is 6.10 Å². The van der Waals surface area contributed by atoms with E-state index in [2.05, 4.69) is 12.2 Å². The van der Waals surface area contributed by atoms with E-state index in [0.717, 1.165) is 19.3 Å². The molecule has 1 aromatic rings. The third-order valence-corrected chi connectivity index (χ3v) is 4.61. The van der Waals surface area contributed by atoms with Gasteiger partial charge in [-0.1, -0.05) is 30.1 Å². The van der Waals surface area contributed by atoms with Gasteiger partial charge in [0.1, 0.15) is 5.75 Å². The van der Waals surface area contributed by atoms with E-state index >= 15 is 0 Å². The molecule has 1 atom stereocenters. The minimum Gasteiger partial charge on any atom is -0.479 e. The fourth-order valence-corrected chi connectivity index (χ4v) is 2.96. The Hall–Kier alpha value is -0.970. The minimum atomic E-state index is -0.634. The number of amides is 1. The molecule has 1 N–H and O–H groups in total. The second kappa shape index (κ2) is 7.53. The van der Waals surface area contributed by atoms with Crippen LogP contribution in [0.2, 0.25) is 10.0 Å². The van der Waals surface area contributed by atoms with Crippen molar-refractivity contribution in [1.82, 2.24) is 5.32 Å². The molecule has 0 aromatic heterocycles. The van der Waals surface area contributed by atoms with Crippen molar-refractivity contribution in [2.45, 2.75) is 44.8 Å². The Bertz CT molecular complexity index is 530. The van der Waals surface area contributed by atoms with Crippen molar-refractivity contribution in [3.05, 3.63) is 28.2 Å². The van der Waals surface area contributed by atoms with E-state index in [0.29, 0.717) is 29.0 Å². The van der Waals surface area contributed by atoms with Crippen molar-refractivity contribution in [2.24, 2.45) is 0 Å². The fraction of sp³-hybridized carbons (Fsp3) is 0.562. The summed E-state index contributed by atoms with van der Waals surface area (Å²) in [7, 11) is 0. The van der Waals surface area contributed by atoms with Gasteiger partial charge in [-0.3, -0.25) is 4.79 Å². The summed E-state index contributed by atoms with van der Waals surface area (Å²) in [5, 5.41) is 4.04. The van der Waals surface area contributed by atoms with Crippen molar-refractivity contribution in [2.75, 3.05) is 13.2 Å². The Balaban J connectivity index is 1.99. The molecule has 1 aromatic carbocycles. The first-order valence-corrected chi connectivity index (χ1v) is 8.23. The number of hydrogen-bond donors (Lipinski definition) is 1. The molecule has 2 rings (SSSR count). The van der Waals surface area contributed by atoms with Crippen molar-refractivity contribution in [3.8, 4) is 5.75 Å². The van der Waals surface area contributed by atoms with E-state index in [1.54, 1.807) is 25.1 Å². The van der Waals surface area contributed by atoms with Gasteiger partial charge >= 0.3 is 0 Å². The maximum absolute atomic E-state index is 12.4. The molecule has 0 radical (unpaired) electrons. The van der Waals surface area contributed by atoms with Gasteiger partial charge in [-0.15, -0.1) is 0 Å². The predicted octanol–water partition coefficient (Wildman–Crippen LogP) is 3.84. The fourth-order valence-electron chi connectivity index (χ4n) is 2.51. The highest BCUT2D eigenvalue weighted by Crippen LogP contribution is 2.29. The number of ether oxygens (including phenoxy) is 2. The molecule has 4 nitrogen and oxygen atoms in total. The number of benzene rings is 1. The van der Waals surface area contributed by atoms with Gasteiger partial charge in [-0.2, -0.15) is 0 Å². The molecule has 0 bridgehead atoms. The van der Waals surface area contributed by atoms with Crippen LogP contribution >= 0.6 is 23.2 Å². The van der Waals surface area contributed by atoms with Crippen LogP contribution in [0.5, 0.6) is 5.75 Å². The van der Waals surface area contributed by atoms with Crippen LogP contribution in [0.3, 0.4) is 0 Å². The van der Waals surface area contributed by atoms with E-state index in [4.69, 9.17) is 32.7 Å². The third kappa shape index (κ3) is 4.28. The first kappa shape index (κ1) is 17.4. The number of hydrogen-bond acceptors (Lipinski definition) is 3. The first-order valence-electron chi connectivity index (χ1n) is 7.47. The lowest BCUT2D eigenvalue weighted by Gasteiger charge is -2.38. The lowest BCUT2D eigenvalue weighted by Crippen LogP contribution is -2.54. The van der Waals surface area contributed by atoms with Gasteiger partial charge in [-0.05, 0) is 44.4 Å². The summed E-state index contributed by atoms with van der Waals surface area (Å²) in [6.07, 6.45) is 1.88. The van der Waals surface area contributed by atoms with Gasteiger partial charge in [0.2, 0.25) is 0 Å². The van der Waals surface area contributed by atoms with Gasteiger partial charge in [-0.25, -0.2) is 0 Å².